The Kier molecular flexibility index (Phi) is 3.58. The van der Waals surface area contributed by atoms with Crippen molar-refractivity contribution in [3.8, 4) is 0 Å². The summed E-state index contributed by atoms with van der Waals surface area (Å²) in [5, 5.41) is 18.8. The number of amides is 2. The molecule has 20 heavy (non-hydrogen) atoms. The molecule has 6 nitrogen and oxygen atoms in total. The number of aliphatic carboxylic acids is 1. The number of urea groups is 1. The number of carboxylic acids is 1. The van der Waals surface area contributed by atoms with Crippen molar-refractivity contribution >= 4 is 12.0 Å². The van der Waals surface area contributed by atoms with Crippen LogP contribution in [-0.4, -0.2) is 63.8 Å². The quantitative estimate of drug-likeness (QED) is 0.783. The average molecular weight is 282 g/mol. The molecule has 0 aromatic carbocycles. The second-order valence-corrected chi connectivity index (χ2v) is 6.34. The number of hydrogen-bond donors (Lipinski definition) is 2. The molecular weight excluding hydrogens is 260 g/mol. The molecule has 2 heterocycles. The molecule has 0 bridgehead atoms. The predicted molar refractivity (Wildman–Crippen MR) is 71.2 cm³/mol. The van der Waals surface area contributed by atoms with Gasteiger partial charge in [-0.2, -0.15) is 0 Å². The number of rotatable bonds is 2. The third-order valence-electron chi connectivity index (χ3n) is 5.12. The van der Waals surface area contributed by atoms with E-state index in [1.807, 2.05) is 4.90 Å². The van der Waals surface area contributed by atoms with Gasteiger partial charge in [0.1, 0.15) is 0 Å². The van der Waals surface area contributed by atoms with Crippen LogP contribution in [0.25, 0.3) is 0 Å². The maximum atomic E-state index is 12.6. The molecule has 3 aliphatic rings. The normalized spacial score (nSPS) is 36.5. The first kappa shape index (κ1) is 13.7. The Labute approximate surface area is 118 Å². The number of aliphatic hydroxyl groups excluding tert-OH is 1. The van der Waals surface area contributed by atoms with E-state index in [1.54, 1.807) is 4.90 Å². The standard InChI is InChI=1S/C14H22N2O4/c17-12-4-3-9-7-15(8-11(9)12)14(20)16-5-1-2-10(16)6-13(18)19/h9-12,17H,1-8H2,(H,18,19). The van der Waals surface area contributed by atoms with Crippen LogP contribution in [0.2, 0.25) is 0 Å². The van der Waals surface area contributed by atoms with Crippen LogP contribution in [0.4, 0.5) is 4.79 Å². The lowest BCUT2D eigenvalue weighted by Gasteiger charge is -2.29. The van der Waals surface area contributed by atoms with Gasteiger partial charge in [-0.1, -0.05) is 0 Å². The van der Waals surface area contributed by atoms with E-state index in [0.717, 1.165) is 32.2 Å². The van der Waals surface area contributed by atoms with Crippen LogP contribution < -0.4 is 0 Å². The van der Waals surface area contributed by atoms with Crippen LogP contribution >= 0.6 is 0 Å². The van der Waals surface area contributed by atoms with Crippen molar-refractivity contribution in [3.05, 3.63) is 0 Å². The lowest BCUT2D eigenvalue weighted by molar-refractivity contribution is -0.138. The second-order valence-electron chi connectivity index (χ2n) is 6.34. The maximum Gasteiger partial charge on any atom is 0.320 e. The number of aliphatic hydroxyl groups is 1. The van der Waals surface area contributed by atoms with Crippen molar-refractivity contribution in [2.45, 2.75) is 44.2 Å². The molecule has 3 fully saturated rings. The van der Waals surface area contributed by atoms with Gasteiger partial charge in [-0.05, 0) is 31.6 Å². The van der Waals surface area contributed by atoms with Gasteiger partial charge < -0.3 is 20.0 Å². The third-order valence-corrected chi connectivity index (χ3v) is 5.12. The molecule has 4 unspecified atom stereocenters. The minimum atomic E-state index is -0.844. The third kappa shape index (κ3) is 2.37. The number of carbonyl (C=O) groups excluding carboxylic acids is 1. The Bertz CT molecular complexity index is 414. The van der Waals surface area contributed by atoms with Crippen LogP contribution in [0.15, 0.2) is 0 Å². The Balaban J connectivity index is 1.63. The van der Waals surface area contributed by atoms with Crippen molar-refractivity contribution < 1.29 is 19.8 Å². The minimum absolute atomic E-state index is 0.0321. The van der Waals surface area contributed by atoms with E-state index >= 15 is 0 Å². The molecule has 1 saturated carbocycles. The monoisotopic (exact) mass is 282 g/mol. The van der Waals surface area contributed by atoms with Gasteiger partial charge in [-0.25, -0.2) is 4.79 Å². The molecule has 3 rings (SSSR count). The summed E-state index contributed by atoms with van der Waals surface area (Å²) in [6.45, 7) is 2.00. The largest absolute Gasteiger partial charge is 0.481 e. The van der Waals surface area contributed by atoms with Gasteiger partial charge in [-0.15, -0.1) is 0 Å². The highest BCUT2D eigenvalue weighted by Gasteiger charge is 2.45. The van der Waals surface area contributed by atoms with Crippen LogP contribution in [0.5, 0.6) is 0 Å². The van der Waals surface area contributed by atoms with E-state index in [2.05, 4.69) is 0 Å². The van der Waals surface area contributed by atoms with E-state index in [1.165, 1.54) is 0 Å². The van der Waals surface area contributed by atoms with Crippen molar-refractivity contribution in [2.24, 2.45) is 11.8 Å². The molecule has 1 aliphatic carbocycles. The summed E-state index contributed by atoms with van der Waals surface area (Å²) in [7, 11) is 0. The highest BCUT2D eigenvalue weighted by Crippen LogP contribution is 2.38. The van der Waals surface area contributed by atoms with E-state index in [9.17, 15) is 14.7 Å². The molecule has 4 atom stereocenters. The molecule has 0 aromatic heterocycles. The fourth-order valence-electron chi connectivity index (χ4n) is 4.08. The zero-order valence-corrected chi connectivity index (χ0v) is 11.6. The Morgan fingerprint density at radius 3 is 2.65 bits per heavy atom. The summed E-state index contributed by atoms with van der Waals surface area (Å²) in [4.78, 5) is 27.0. The van der Waals surface area contributed by atoms with Gasteiger partial charge in [0.05, 0.1) is 12.5 Å². The second kappa shape index (κ2) is 5.24. The number of carbonyl (C=O) groups is 2. The van der Waals surface area contributed by atoms with Crippen LogP contribution in [0.3, 0.4) is 0 Å². The molecule has 2 saturated heterocycles. The fourth-order valence-corrected chi connectivity index (χ4v) is 4.08. The molecule has 0 radical (unpaired) electrons. The zero-order valence-electron chi connectivity index (χ0n) is 11.6. The van der Waals surface area contributed by atoms with Crippen molar-refractivity contribution in [3.63, 3.8) is 0 Å². The van der Waals surface area contributed by atoms with Crippen molar-refractivity contribution in [1.82, 2.24) is 9.80 Å². The first-order valence-corrected chi connectivity index (χ1v) is 7.51. The summed E-state index contributed by atoms with van der Waals surface area (Å²) in [5.41, 5.74) is 0. The maximum absolute atomic E-state index is 12.6. The Hall–Kier alpha value is -1.30. The van der Waals surface area contributed by atoms with E-state index in [-0.39, 0.29) is 30.5 Å². The van der Waals surface area contributed by atoms with E-state index in [4.69, 9.17) is 5.11 Å². The average Bonchev–Trinajstić information content (AvgIpc) is 3.06. The topological polar surface area (TPSA) is 81.1 Å². The highest BCUT2D eigenvalue weighted by molar-refractivity contribution is 5.77. The summed E-state index contributed by atoms with van der Waals surface area (Å²) < 4.78 is 0. The molecule has 0 spiro atoms. The van der Waals surface area contributed by atoms with Gasteiger partial charge in [0.25, 0.3) is 0 Å². The Morgan fingerprint density at radius 2 is 1.95 bits per heavy atom. The molecular formula is C14H22N2O4. The number of hydrogen-bond acceptors (Lipinski definition) is 3. The summed E-state index contributed by atoms with van der Waals surface area (Å²) in [6.07, 6.45) is 3.27. The van der Waals surface area contributed by atoms with Gasteiger partial charge in [0.15, 0.2) is 0 Å². The summed E-state index contributed by atoms with van der Waals surface area (Å²) >= 11 is 0. The van der Waals surface area contributed by atoms with Gasteiger partial charge in [-0.3, -0.25) is 4.79 Å². The minimum Gasteiger partial charge on any atom is -0.481 e. The van der Waals surface area contributed by atoms with Gasteiger partial charge in [0.2, 0.25) is 0 Å². The van der Waals surface area contributed by atoms with Gasteiger partial charge in [0, 0.05) is 31.6 Å². The number of fused-ring (bicyclic) bond motifs is 1. The predicted octanol–water partition coefficient (Wildman–Crippen LogP) is 0.748. The molecule has 112 valence electrons. The smallest absolute Gasteiger partial charge is 0.320 e. The fraction of sp³-hybridized carbons (Fsp3) is 0.857. The Morgan fingerprint density at radius 1 is 1.15 bits per heavy atom. The SMILES string of the molecule is O=C(O)CC1CCCN1C(=O)N1CC2CCC(O)C2C1. The first-order chi connectivity index (χ1) is 9.56. The van der Waals surface area contributed by atoms with Gasteiger partial charge >= 0.3 is 12.0 Å². The van der Waals surface area contributed by atoms with Crippen molar-refractivity contribution in [1.29, 1.82) is 0 Å². The number of carboxylic acid groups (broad SMARTS) is 1. The number of nitrogens with zero attached hydrogens (tertiary/aromatic N) is 2. The lowest BCUT2D eigenvalue weighted by Crippen LogP contribution is -2.45. The van der Waals surface area contributed by atoms with Crippen LogP contribution in [0.1, 0.15) is 32.1 Å². The molecule has 2 N–H and O–H groups in total. The van der Waals surface area contributed by atoms with Crippen molar-refractivity contribution in [2.75, 3.05) is 19.6 Å². The molecule has 6 heteroatoms. The highest BCUT2D eigenvalue weighted by atomic mass is 16.4. The molecule has 2 amide bonds. The lowest BCUT2D eigenvalue weighted by atomic mass is 10.00. The van der Waals surface area contributed by atoms with Crippen LogP contribution in [-0.2, 0) is 4.79 Å². The summed E-state index contributed by atoms with van der Waals surface area (Å²) in [5.74, 6) is -0.197. The van der Waals surface area contributed by atoms with E-state index in [0.29, 0.717) is 19.0 Å². The number of likely N-dealkylation sites (tertiary alicyclic amines) is 2. The first-order valence-electron chi connectivity index (χ1n) is 7.51. The van der Waals surface area contributed by atoms with E-state index < -0.39 is 5.97 Å². The summed E-state index contributed by atoms with van der Waals surface area (Å²) in [6, 6.07) is -0.194. The molecule has 2 aliphatic heterocycles. The molecule has 0 aromatic rings. The van der Waals surface area contributed by atoms with Crippen LogP contribution in [0, 0.1) is 11.8 Å². The zero-order chi connectivity index (χ0) is 14.3.